The van der Waals surface area contributed by atoms with Gasteiger partial charge in [-0.15, -0.1) is 0 Å². The zero-order chi connectivity index (χ0) is 11.2. The maximum atomic E-state index is 10.8. The van der Waals surface area contributed by atoms with Gasteiger partial charge in [-0.05, 0) is 47.8 Å². The Morgan fingerprint density at radius 1 is 1.07 bits per heavy atom. The Morgan fingerprint density at radius 3 is 2.13 bits per heavy atom. The quantitative estimate of drug-likeness (QED) is 0.401. The van der Waals surface area contributed by atoms with E-state index < -0.39 is 4.92 Å². The molecule has 0 saturated carbocycles. The molecule has 0 atom stereocenters. The van der Waals surface area contributed by atoms with Gasteiger partial charge < -0.3 is 0 Å². The van der Waals surface area contributed by atoms with Crippen molar-refractivity contribution >= 4 is 76.2 Å². The molecular weight excluding hydrogens is 418 g/mol. The van der Waals surface area contributed by atoms with Crippen molar-refractivity contribution in [3.63, 3.8) is 0 Å². The molecule has 2 rings (SSSR count). The van der Waals surface area contributed by atoms with Gasteiger partial charge in [0.1, 0.15) is 20.0 Å². The topological polar surface area (TPSA) is 68.9 Å². The van der Waals surface area contributed by atoms with Crippen molar-refractivity contribution in [2.45, 2.75) is 0 Å². The number of nitro groups is 1. The Balaban J connectivity index is 2.98. The number of benzene rings is 1. The van der Waals surface area contributed by atoms with Crippen LogP contribution in [0, 0.1) is 10.1 Å². The van der Waals surface area contributed by atoms with Gasteiger partial charge in [-0.3, -0.25) is 10.1 Å². The van der Waals surface area contributed by atoms with E-state index in [0.29, 0.717) is 24.5 Å². The lowest BCUT2D eigenvalue weighted by Gasteiger charge is -2.01. The molecule has 78 valence electrons. The molecule has 5 nitrogen and oxygen atoms in total. The van der Waals surface area contributed by atoms with Gasteiger partial charge in [-0.1, -0.05) is 0 Å². The first-order chi connectivity index (χ1) is 7.04. The summed E-state index contributed by atoms with van der Waals surface area (Å²) in [6.07, 6.45) is 0. The SMILES string of the molecule is O=[N+]([O-])c1c(Br)c(Br)c2nsnc2c1Br. The molecule has 0 spiro atoms. The van der Waals surface area contributed by atoms with E-state index in [1.54, 1.807) is 0 Å². The van der Waals surface area contributed by atoms with Gasteiger partial charge in [0.2, 0.25) is 0 Å². The molecule has 1 heterocycles. The predicted molar refractivity (Wildman–Crippen MR) is 67.2 cm³/mol. The van der Waals surface area contributed by atoms with E-state index >= 15 is 0 Å². The fourth-order valence-electron chi connectivity index (χ4n) is 1.05. The van der Waals surface area contributed by atoms with Crippen molar-refractivity contribution in [2.75, 3.05) is 0 Å². The zero-order valence-corrected chi connectivity index (χ0v) is 12.3. The average molecular weight is 418 g/mol. The van der Waals surface area contributed by atoms with E-state index in [9.17, 15) is 10.1 Å². The molecule has 9 heteroatoms. The summed E-state index contributed by atoms with van der Waals surface area (Å²) in [7, 11) is 0. The molecule has 0 saturated heterocycles. The summed E-state index contributed by atoms with van der Waals surface area (Å²) >= 11 is 10.6. The van der Waals surface area contributed by atoms with Crippen molar-refractivity contribution in [2.24, 2.45) is 0 Å². The van der Waals surface area contributed by atoms with Crippen LogP contribution in [-0.2, 0) is 0 Å². The van der Waals surface area contributed by atoms with Crippen LogP contribution in [0.2, 0.25) is 0 Å². The highest BCUT2D eigenvalue weighted by molar-refractivity contribution is 9.13. The molecule has 2 aromatic rings. The zero-order valence-electron chi connectivity index (χ0n) is 6.70. The first-order valence-electron chi connectivity index (χ1n) is 3.47. The van der Waals surface area contributed by atoms with E-state index in [-0.39, 0.29) is 5.69 Å². The van der Waals surface area contributed by atoms with Crippen molar-refractivity contribution in [3.8, 4) is 0 Å². The first-order valence-corrected chi connectivity index (χ1v) is 6.58. The maximum Gasteiger partial charge on any atom is 0.301 e. The summed E-state index contributed by atoms with van der Waals surface area (Å²) in [6.45, 7) is 0. The van der Waals surface area contributed by atoms with Gasteiger partial charge >= 0.3 is 5.69 Å². The third-order valence-corrected chi connectivity index (χ3v) is 5.05. The minimum absolute atomic E-state index is 0.0536. The normalized spacial score (nSPS) is 10.9. The largest absolute Gasteiger partial charge is 0.301 e. The molecular formula is C6Br3N3O2S. The van der Waals surface area contributed by atoms with Crippen molar-refractivity contribution in [1.29, 1.82) is 0 Å². The second kappa shape index (κ2) is 4.04. The molecule has 0 aliphatic heterocycles. The van der Waals surface area contributed by atoms with Gasteiger partial charge in [-0.25, -0.2) is 0 Å². The molecule has 1 aromatic heterocycles. The molecule has 0 N–H and O–H groups in total. The Morgan fingerprint density at radius 2 is 1.60 bits per heavy atom. The van der Waals surface area contributed by atoms with Crippen LogP contribution in [0.15, 0.2) is 13.4 Å². The Labute approximate surface area is 113 Å². The predicted octanol–water partition coefficient (Wildman–Crippen LogP) is 3.89. The van der Waals surface area contributed by atoms with Gasteiger partial charge in [-0.2, -0.15) is 8.75 Å². The summed E-state index contributed by atoms with van der Waals surface area (Å²) in [6, 6.07) is 0. The van der Waals surface area contributed by atoms with E-state index in [1.807, 2.05) is 0 Å². The third kappa shape index (κ3) is 1.71. The van der Waals surface area contributed by atoms with Crippen LogP contribution >= 0.6 is 59.5 Å². The van der Waals surface area contributed by atoms with Gasteiger partial charge in [0.15, 0.2) is 0 Å². The van der Waals surface area contributed by atoms with E-state index in [2.05, 4.69) is 56.5 Å². The second-order valence-corrected chi connectivity index (χ2v) is 5.42. The number of nitro benzene ring substituents is 1. The Hall–Kier alpha value is -0.120. The number of rotatable bonds is 1. The molecule has 0 aliphatic carbocycles. The monoisotopic (exact) mass is 415 g/mol. The molecule has 1 aromatic carbocycles. The highest BCUT2D eigenvalue weighted by atomic mass is 79.9. The van der Waals surface area contributed by atoms with E-state index in [0.717, 1.165) is 11.7 Å². The minimum Gasteiger partial charge on any atom is -0.258 e. The summed E-state index contributed by atoms with van der Waals surface area (Å²) in [4.78, 5) is 10.4. The lowest BCUT2D eigenvalue weighted by molar-refractivity contribution is -0.386. The number of fused-ring (bicyclic) bond motifs is 1. The molecule has 0 amide bonds. The fourth-order valence-corrected chi connectivity index (χ4v) is 3.73. The smallest absolute Gasteiger partial charge is 0.258 e. The van der Waals surface area contributed by atoms with Crippen molar-refractivity contribution in [1.82, 2.24) is 8.75 Å². The Kier molecular flexibility index (Phi) is 3.06. The third-order valence-electron chi connectivity index (χ3n) is 1.70. The van der Waals surface area contributed by atoms with Gasteiger partial charge in [0, 0.05) is 0 Å². The van der Waals surface area contributed by atoms with Crippen LogP contribution in [0.25, 0.3) is 11.0 Å². The summed E-state index contributed by atoms with van der Waals surface area (Å²) in [5, 5.41) is 10.8. The van der Waals surface area contributed by atoms with Crippen LogP contribution in [0.4, 0.5) is 5.69 Å². The summed E-state index contributed by atoms with van der Waals surface area (Å²) < 4.78 is 9.28. The van der Waals surface area contributed by atoms with Crippen LogP contribution in [0.3, 0.4) is 0 Å². The van der Waals surface area contributed by atoms with Gasteiger partial charge in [0.05, 0.1) is 21.1 Å². The number of hydrogen-bond acceptors (Lipinski definition) is 5. The number of halogens is 3. The molecule has 0 unspecified atom stereocenters. The van der Waals surface area contributed by atoms with Gasteiger partial charge in [0.25, 0.3) is 0 Å². The molecule has 15 heavy (non-hydrogen) atoms. The molecule has 0 fully saturated rings. The number of hydrogen-bond donors (Lipinski definition) is 0. The van der Waals surface area contributed by atoms with E-state index in [1.165, 1.54) is 0 Å². The molecule has 0 aliphatic rings. The molecule has 0 bridgehead atoms. The lowest BCUT2D eigenvalue weighted by atomic mass is 10.3. The summed E-state index contributed by atoms with van der Waals surface area (Å²) in [5.74, 6) is 0. The highest BCUT2D eigenvalue weighted by Crippen LogP contribution is 2.43. The number of nitrogens with zero attached hydrogens (tertiary/aromatic N) is 3. The fraction of sp³-hybridized carbons (Fsp3) is 0. The van der Waals surface area contributed by atoms with Crippen LogP contribution in [-0.4, -0.2) is 13.7 Å². The average Bonchev–Trinajstić information content (AvgIpc) is 2.62. The van der Waals surface area contributed by atoms with Crippen LogP contribution in [0.5, 0.6) is 0 Å². The van der Waals surface area contributed by atoms with Crippen molar-refractivity contribution < 1.29 is 4.92 Å². The Bertz CT molecular complexity index is 570. The molecule has 0 radical (unpaired) electrons. The van der Waals surface area contributed by atoms with E-state index in [4.69, 9.17) is 0 Å². The lowest BCUT2D eigenvalue weighted by Crippen LogP contribution is -1.93. The standard InChI is InChI=1S/C6Br3N3O2S/c7-1-2(8)6(12(13)14)3(9)5-4(1)10-15-11-5. The van der Waals surface area contributed by atoms with Crippen LogP contribution in [0.1, 0.15) is 0 Å². The highest BCUT2D eigenvalue weighted by Gasteiger charge is 2.25. The first kappa shape index (κ1) is 11.4. The number of aromatic nitrogens is 2. The van der Waals surface area contributed by atoms with Crippen LogP contribution < -0.4 is 0 Å². The minimum atomic E-state index is -0.474. The second-order valence-electron chi connectivity index (χ2n) is 2.51. The van der Waals surface area contributed by atoms with Crippen molar-refractivity contribution in [3.05, 3.63) is 23.5 Å². The summed E-state index contributed by atoms with van der Waals surface area (Å²) in [5.41, 5.74) is 1.04. The maximum absolute atomic E-state index is 10.8.